The number of benzene rings is 1. The van der Waals surface area contributed by atoms with E-state index in [-0.39, 0.29) is 4.90 Å². The largest absolute Gasteiger partial charge is 0.366 e. The molecule has 0 atom stereocenters. The van der Waals surface area contributed by atoms with E-state index >= 15 is 0 Å². The van der Waals surface area contributed by atoms with Crippen LogP contribution in [0.25, 0.3) is 5.65 Å². The van der Waals surface area contributed by atoms with Crippen LogP contribution in [0.3, 0.4) is 0 Å². The summed E-state index contributed by atoms with van der Waals surface area (Å²) < 4.78 is 24.6. The minimum atomic E-state index is -3.68. The van der Waals surface area contributed by atoms with Crippen LogP contribution in [-0.4, -0.2) is 44.0 Å². The first-order valence-electron chi connectivity index (χ1n) is 9.33. The van der Waals surface area contributed by atoms with Crippen LogP contribution in [0.4, 0.5) is 5.82 Å². The fourth-order valence-corrected chi connectivity index (χ4v) is 4.05. The van der Waals surface area contributed by atoms with Crippen molar-refractivity contribution in [3.8, 4) is 0 Å². The second-order valence-electron chi connectivity index (χ2n) is 7.20. The van der Waals surface area contributed by atoms with E-state index in [2.05, 4.69) is 21.8 Å². The maximum Gasteiger partial charge on any atom is 0.238 e. The molecule has 0 unspecified atom stereocenters. The molecule has 0 spiro atoms. The van der Waals surface area contributed by atoms with Gasteiger partial charge in [-0.15, -0.1) is 0 Å². The van der Waals surface area contributed by atoms with E-state index in [1.54, 1.807) is 12.1 Å². The third-order valence-corrected chi connectivity index (χ3v) is 6.08. The van der Waals surface area contributed by atoms with Crippen LogP contribution in [0.15, 0.2) is 41.4 Å². The van der Waals surface area contributed by atoms with Gasteiger partial charge in [-0.05, 0) is 49.1 Å². The van der Waals surface area contributed by atoms with E-state index in [9.17, 15) is 8.42 Å². The number of hydrogen-bond acceptors (Lipinski definition) is 6. The van der Waals surface area contributed by atoms with Gasteiger partial charge >= 0.3 is 0 Å². The summed E-state index contributed by atoms with van der Waals surface area (Å²) in [7, 11) is -1.67. The summed E-state index contributed by atoms with van der Waals surface area (Å²) in [5.41, 5.74) is 3.94. The normalized spacial score (nSPS) is 15.8. The topological polar surface area (TPSA) is 114 Å². The van der Waals surface area contributed by atoms with Crippen molar-refractivity contribution in [3.05, 3.63) is 47.8 Å². The second kappa shape index (κ2) is 7.54. The number of fused-ring (bicyclic) bond motifs is 1. The molecule has 0 saturated carbocycles. The second-order valence-corrected chi connectivity index (χ2v) is 8.76. The predicted octanol–water partition coefficient (Wildman–Crippen LogP) is -0.286. The maximum absolute atomic E-state index is 11.4. The monoisotopic (exact) mass is 398 g/mol. The van der Waals surface area contributed by atoms with E-state index in [0.717, 1.165) is 54.1 Å². The van der Waals surface area contributed by atoms with Gasteiger partial charge in [-0.3, -0.25) is 0 Å². The number of piperidine rings is 1. The molecular weight excluding hydrogens is 375 g/mol. The molecule has 4 rings (SSSR count). The summed E-state index contributed by atoms with van der Waals surface area (Å²) in [5.74, 6) is 1.32. The number of hydrogen-bond donors (Lipinski definition) is 3. The summed E-state index contributed by atoms with van der Waals surface area (Å²) in [6.45, 7) is 2.55. The molecule has 2 aromatic heterocycles. The molecule has 3 aromatic rings. The van der Waals surface area contributed by atoms with Gasteiger partial charge in [0.15, 0.2) is 5.65 Å². The molecule has 0 bridgehead atoms. The molecule has 1 fully saturated rings. The van der Waals surface area contributed by atoms with Gasteiger partial charge in [0.1, 0.15) is 13.7 Å². The molecule has 1 aliphatic heterocycles. The summed E-state index contributed by atoms with van der Waals surface area (Å²) in [6, 6.07) is 8.63. The fourth-order valence-electron chi connectivity index (χ4n) is 3.53. The van der Waals surface area contributed by atoms with Crippen LogP contribution in [0, 0.1) is 0 Å². The summed E-state index contributed by atoms with van der Waals surface area (Å²) in [4.78, 5) is 4.97. The smallest absolute Gasteiger partial charge is 0.238 e. The summed E-state index contributed by atoms with van der Waals surface area (Å²) in [5, 5.41) is 16.4. The van der Waals surface area contributed by atoms with Crippen LogP contribution in [0.1, 0.15) is 30.0 Å². The maximum atomic E-state index is 11.4. The van der Waals surface area contributed by atoms with Crippen molar-refractivity contribution in [3.63, 3.8) is 0 Å². The minimum Gasteiger partial charge on any atom is -0.366 e. The number of primary sulfonamides is 1. The van der Waals surface area contributed by atoms with Gasteiger partial charge in [-0.2, -0.15) is 9.61 Å². The first-order valence-corrected chi connectivity index (χ1v) is 10.9. The molecule has 4 N–H and O–H groups in total. The van der Waals surface area contributed by atoms with Crippen molar-refractivity contribution in [2.45, 2.75) is 30.2 Å². The number of sulfonamides is 1. The van der Waals surface area contributed by atoms with E-state index in [0.29, 0.717) is 12.5 Å². The van der Waals surface area contributed by atoms with Crippen LogP contribution in [0.2, 0.25) is 0 Å². The Balaban J connectivity index is 1.60. The van der Waals surface area contributed by atoms with Gasteiger partial charge in [-0.25, -0.2) is 18.5 Å². The van der Waals surface area contributed by atoms with Crippen LogP contribution >= 0.6 is 0 Å². The van der Waals surface area contributed by atoms with Gasteiger partial charge in [-0.1, -0.05) is 12.1 Å². The molecule has 0 aliphatic carbocycles. The number of anilines is 1. The van der Waals surface area contributed by atoms with Crippen molar-refractivity contribution in [2.24, 2.45) is 5.14 Å². The third kappa shape index (κ3) is 3.89. The van der Waals surface area contributed by atoms with Crippen LogP contribution in [0.5, 0.6) is 0 Å². The zero-order valence-corrected chi connectivity index (χ0v) is 16.5. The number of nitrogens with zero attached hydrogens (tertiary/aromatic N) is 3. The van der Waals surface area contributed by atoms with E-state index in [4.69, 9.17) is 10.1 Å². The van der Waals surface area contributed by atoms with Gasteiger partial charge < -0.3 is 10.6 Å². The van der Waals surface area contributed by atoms with Crippen molar-refractivity contribution in [2.75, 3.05) is 18.4 Å². The van der Waals surface area contributed by atoms with E-state index < -0.39 is 10.0 Å². The molecule has 10 heteroatoms. The Morgan fingerprint density at radius 2 is 1.96 bits per heavy atom. The standard InChI is InChI=1S/C18H23BN6O2S/c19-15-11-23-25-17(9-16(24-18(15)25)13-5-7-21-8-6-13)22-10-12-1-3-14(4-2-12)28(20,26)27/h1-4,9,11,13,21-22H,5-8,10,19H2,(H2,20,26,27). The quantitative estimate of drug-likeness (QED) is 0.509. The molecule has 1 aliphatic rings. The molecule has 1 saturated heterocycles. The molecule has 0 radical (unpaired) electrons. The van der Waals surface area contributed by atoms with Crippen molar-refractivity contribution in [1.82, 2.24) is 19.9 Å². The highest BCUT2D eigenvalue weighted by Gasteiger charge is 2.19. The lowest BCUT2D eigenvalue weighted by Gasteiger charge is -2.23. The highest BCUT2D eigenvalue weighted by Crippen LogP contribution is 2.26. The fraction of sp³-hybridized carbons (Fsp3) is 0.333. The minimum absolute atomic E-state index is 0.110. The molecule has 1 aromatic carbocycles. The first kappa shape index (κ1) is 18.9. The van der Waals surface area contributed by atoms with Gasteiger partial charge in [0.2, 0.25) is 10.0 Å². The van der Waals surface area contributed by atoms with Crippen molar-refractivity contribution >= 4 is 34.8 Å². The Labute approximate surface area is 165 Å². The first-order chi connectivity index (χ1) is 13.4. The zero-order valence-electron chi connectivity index (χ0n) is 15.7. The predicted molar refractivity (Wildman–Crippen MR) is 111 cm³/mol. The summed E-state index contributed by atoms with van der Waals surface area (Å²) in [6.07, 6.45) is 3.97. The number of aromatic nitrogens is 3. The highest BCUT2D eigenvalue weighted by atomic mass is 32.2. The Bertz CT molecular complexity index is 1090. The number of nitrogens with two attached hydrogens (primary N) is 1. The average molecular weight is 398 g/mol. The van der Waals surface area contributed by atoms with Crippen LogP contribution < -0.4 is 21.2 Å². The number of nitrogens with one attached hydrogen (secondary N) is 2. The lowest BCUT2D eigenvalue weighted by Crippen LogP contribution is -2.27. The van der Waals surface area contributed by atoms with Gasteiger partial charge in [0.25, 0.3) is 0 Å². The Morgan fingerprint density at radius 3 is 2.64 bits per heavy atom. The van der Waals surface area contributed by atoms with Gasteiger partial charge in [0.05, 0.1) is 4.90 Å². The van der Waals surface area contributed by atoms with Gasteiger partial charge in [0, 0.05) is 30.4 Å². The molecule has 28 heavy (non-hydrogen) atoms. The van der Waals surface area contributed by atoms with Crippen LogP contribution in [-0.2, 0) is 16.6 Å². The van der Waals surface area contributed by atoms with E-state index in [1.165, 1.54) is 12.1 Å². The Hall–Kier alpha value is -2.43. The Morgan fingerprint density at radius 1 is 1.25 bits per heavy atom. The SMILES string of the molecule is Bc1cnn2c(NCc3ccc(S(N)(=O)=O)cc3)cc(C3CCNCC3)nc12. The molecule has 3 heterocycles. The highest BCUT2D eigenvalue weighted by molar-refractivity contribution is 7.89. The third-order valence-electron chi connectivity index (χ3n) is 5.15. The average Bonchev–Trinajstić information content (AvgIpc) is 3.07. The molecule has 0 amide bonds. The number of rotatable bonds is 5. The van der Waals surface area contributed by atoms with E-state index in [1.807, 2.05) is 18.6 Å². The molecular formula is C18H23BN6O2S. The van der Waals surface area contributed by atoms with Crippen molar-refractivity contribution in [1.29, 1.82) is 0 Å². The summed E-state index contributed by atoms with van der Waals surface area (Å²) >= 11 is 0. The zero-order chi connectivity index (χ0) is 19.7. The lowest BCUT2D eigenvalue weighted by atomic mass is 9.94. The Kier molecular flexibility index (Phi) is 5.09. The van der Waals surface area contributed by atoms with Crippen molar-refractivity contribution < 1.29 is 8.42 Å². The molecule has 8 nitrogen and oxygen atoms in total. The molecule has 146 valence electrons. The lowest BCUT2D eigenvalue weighted by molar-refractivity contribution is 0.453.